The maximum atomic E-state index is 6.10. The minimum absolute atomic E-state index is 0.255. The average Bonchev–Trinajstić information content (AvgIpc) is 3.19. The van der Waals surface area contributed by atoms with Gasteiger partial charge in [0.25, 0.3) is 0 Å². The van der Waals surface area contributed by atoms with Crippen molar-refractivity contribution in [3.63, 3.8) is 0 Å². The molecule has 150 valence electrons. The molecule has 0 unspecified atom stereocenters. The van der Waals surface area contributed by atoms with Crippen molar-refractivity contribution < 1.29 is 9.47 Å². The van der Waals surface area contributed by atoms with Crippen molar-refractivity contribution in [2.24, 2.45) is 0 Å². The molecular formula is C22H16Cl2N4O2. The van der Waals surface area contributed by atoms with Crippen LogP contribution in [0.1, 0.15) is 5.56 Å². The number of para-hydroxylation sites is 1. The third-order valence-corrected chi connectivity index (χ3v) is 5.06. The molecule has 1 aliphatic rings. The number of anilines is 3. The molecule has 0 aliphatic carbocycles. The SMILES string of the molecule is Clc1cc(Cl)cc(Nc2nc(NCc3ccc4c(c3)OCO4)c3ccccc3n2)c1. The summed E-state index contributed by atoms with van der Waals surface area (Å²) in [5.41, 5.74) is 2.58. The standard InChI is InChI=1S/C22H16Cl2N4O2/c23-14-8-15(24)10-16(9-14)26-22-27-18-4-2-1-3-17(18)21(28-22)25-11-13-5-6-19-20(7-13)30-12-29-19/h1-10H,11-12H2,(H2,25,26,27,28). The number of nitrogens with zero attached hydrogens (tertiary/aromatic N) is 2. The Kier molecular flexibility index (Phi) is 4.94. The topological polar surface area (TPSA) is 68.3 Å². The van der Waals surface area contributed by atoms with Gasteiger partial charge in [-0.05, 0) is 48.0 Å². The van der Waals surface area contributed by atoms with Crippen molar-refractivity contribution in [2.75, 3.05) is 17.4 Å². The number of fused-ring (bicyclic) bond motifs is 2. The lowest BCUT2D eigenvalue weighted by molar-refractivity contribution is 0.174. The fraction of sp³-hybridized carbons (Fsp3) is 0.0909. The molecule has 30 heavy (non-hydrogen) atoms. The summed E-state index contributed by atoms with van der Waals surface area (Å²) < 4.78 is 10.8. The molecule has 5 rings (SSSR count). The number of halogens is 2. The van der Waals surface area contributed by atoms with Crippen molar-refractivity contribution >= 4 is 51.6 Å². The molecule has 8 heteroatoms. The maximum Gasteiger partial charge on any atom is 0.231 e. The van der Waals surface area contributed by atoms with Gasteiger partial charge in [0.1, 0.15) is 5.82 Å². The van der Waals surface area contributed by atoms with E-state index in [1.807, 2.05) is 42.5 Å². The minimum atomic E-state index is 0.255. The molecule has 2 N–H and O–H groups in total. The van der Waals surface area contributed by atoms with Gasteiger partial charge >= 0.3 is 0 Å². The second-order valence-electron chi connectivity index (χ2n) is 6.74. The molecule has 0 spiro atoms. The highest BCUT2D eigenvalue weighted by atomic mass is 35.5. The fourth-order valence-corrected chi connectivity index (χ4v) is 3.79. The zero-order valence-electron chi connectivity index (χ0n) is 15.7. The van der Waals surface area contributed by atoms with E-state index in [1.54, 1.807) is 18.2 Å². The molecule has 1 aromatic heterocycles. The molecule has 0 saturated carbocycles. The zero-order valence-corrected chi connectivity index (χ0v) is 17.2. The van der Waals surface area contributed by atoms with E-state index in [1.165, 1.54) is 0 Å². The van der Waals surface area contributed by atoms with Crippen LogP contribution in [0.15, 0.2) is 60.7 Å². The monoisotopic (exact) mass is 438 g/mol. The fourth-order valence-electron chi connectivity index (χ4n) is 3.26. The number of hydrogen-bond donors (Lipinski definition) is 2. The molecule has 3 aromatic carbocycles. The Morgan fingerprint density at radius 3 is 2.53 bits per heavy atom. The maximum absolute atomic E-state index is 6.10. The summed E-state index contributed by atoms with van der Waals surface area (Å²) in [4.78, 5) is 9.28. The predicted molar refractivity (Wildman–Crippen MR) is 119 cm³/mol. The number of ether oxygens (including phenoxy) is 2. The molecule has 6 nitrogen and oxygen atoms in total. The minimum Gasteiger partial charge on any atom is -0.454 e. The van der Waals surface area contributed by atoms with Crippen LogP contribution in [0.5, 0.6) is 11.5 Å². The first-order valence-corrected chi connectivity index (χ1v) is 10.0. The van der Waals surface area contributed by atoms with Crippen LogP contribution in [0.3, 0.4) is 0 Å². The second kappa shape index (κ2) is 7.89. The summed E-state index contributed by atoms with van der Waals surface area (Å²) in [5, 5.41) is 8.58. The second-order valence-corrected chi connectivity index (χ2v) is 7.61. The van der Waals surface area contributed by atoms with Crippen molar-refractivity contribution in [3.05, 3.63) is 76.3 Å². The van der Waals surface area contributed by atoms with Crippen LogP contribution in [-0.2, 0) is 6.54 Å². The van der Waals surface area contributed by atoms with Crippen LogP contribution in [-0.4, -0.2) is 16.8 Å². The Morgan fingerprint density at radius 2 is 1.67 bits per heavy atom. The zero-order chi connectivity index (χ0) is 20.5. The average molecular weight is 439 g/mol. The van der Waals surface area contributed by atoms with E-state index in [-0.39, 0.29) is 6.79 Å². The third-order valence-electron chi connectivity index (χ3n) is 4.62. The van der Waals surface area contributed by atoms with E-state index in [0.29, 0.717) is 34.0 Å². The van der Waals surface area contributed by atoms with Crippen molar-refractivity contribution in [1.29, 1.82) is 0 Å². The van der Waals surface area contributed by atoms with Crippen LogP contribution < -0.4 is 20.1 Å². The van der Waals surface area contributed by atoms with Crippen molar-refractivity contribution in [2.45, 2.75) is 6.54 Å². The summed E-state index contributed by atoms with van der Waals surface area (Å²) in [6, 6.07) is 18.9. The largest absolute Gasteiger partial charge is 0.454 e. The molecule has 0 atom stereocenters. The quantitative estimate of drug-likeness (QED) is 0.396. The van der Waals surface area contributed by atoms with Crippen LogP contribution in [0.2, 0.25) is 10.0 Å². The molecule has 2 heterocycles. The number of nitrogens with one attached hydrogen (secondary N) is 2. The van der Waals surface area contributed by atoms with Gasteiger partial charge in [-0.25, -0.2) is 4.98 Å². The number of aromatic nitrogens is 2. The highest BCUT2D eigenvalue weighted by Crippen LogP contribution is 2.33. The van der Waals surface area contributed by atoms with Gasteiger partial charge in [-0.15, -0.1) is 0 Å². The first-order chi connectivity index (χ1) is 14.6. The van der Waals surface area contributed by atoms with Gasteiger partial charge in [0.05, 0.1) is 5.52 Å². The lowest BCUT2D eigenvalue weighted by atomic mass is 10.2. The van der Waals surface area contributed by atoms with E-state index in [4.69, 9.17) is 32.7 Å². The Balaban J connectivity index is 1.44. The number of rotatable bonds is 5. The van der Waals surface area contributed by atoms with Gasteiger partial charge in [-0.2, -0.15) is 4.98 Å². The van der Waals surface area contributed by atoms with Gasteiger partial charge in [0.15, 0.2) is 11.5 Å². The predicted octanol–water partition coefficient (Wildman–Crippen LogP) is 6.02. The van der Waals surface area contributed by atoms with Crippen LogP contribution in [0.4, 0.5) is 17.5 Å². The number of hydrogen-bond acceptors (Lipinski definition) is 6. The summed E-state index contributed by atoms with van der Waals surface area (Å²) in [6.45, 7) is 0.825. The molecule has 0 saturated heterocycles. The Hall–Kier alpha value is -3.22. The summed E-state index contributed by atoms with van der Waals surface area (Å²) >= 11 is 12.2. The molecule has 0 radical (unpaired) electrons. The lowest BCUT2D eigenvalue weighted by Gasteiger charge is -2.12. The third kappa shape index (κ3) is 3.92. The van der Waals surface area contributed by atoms with Crippen LogP contribution in [0.25, 0.3) is 10.9 Å². The molecule has 4 aromatic rings. The Labute approximate surface area is 182 Å². The van der Waals surface area contributed by atoms with E-state index in [9.17, 15) is 0 Å². The van der Waals surface area contributed by atoms with Crippen LogP contribution >= 0.6 is 23.2 Å². The normalized spacial score (nSPS) is 12.2. The number of benzene rings is 3. The molecule has 1 aliphatic heterocycles. The Morgan fingerprint density at radius 1 is 0.867 bits per heavy atom. The van der Waals surface area contributed by atoms with Gasteiger partial charge < -0.3 is 20.1 Å². The van der Waals surface area contributed by atoms with Gasteiger partial charge in [0, 0.05) is 27.7 Å². The molecule has 0 fully saturated rings. The highest BCUT2D eigenvalue weighted by Gasteiger charge is 2.14. The van der Waals surface area contributed by atoms with E-state index < -0.39 is 0 Å². The van der Waals surface area contributed by atoms with Crippen molar-refractivity contribution in [1.82, 2.24) is 9.97 Å². The summed E-state index contributed by atoms with van der Waals surface area (Å²) in [7, 11) is 0. The first-order valence-electron chi connectivity index (χ1n) is 9.26. The van der Waals surface area contributed by atoms with E-state index in [0.717, 1.165) is 28.0 Å². The van der Waals surface area contributed by atoms with Crippen molar-refractivity contribution in [3.8, 4) is 11.5 Å². The van der Waals surface area contributed by atoms with Crippen LogP contribution in [0, 0.1) is 0 Å². The van der Waals surface area contributed by atoms with E-state index in [2.05, 4.69) is 20.6 Å². The summed E-state index contributed by atoms with van der Waals surface area (Å²) in [5.74, 6) is 2.68. The highest BCUT2D eigenvalue weighted by molar-refractivity contribution is 6.35. The molecule has 0 amide bonds. The van der Waals surface area contributed by atoms with Gasteiger partial charge in [-0.1, -0.05) is 41.4 Å². The van der Waals surface area contributed by atoms with Gasteiger partial charge in [0.2, 0.25) is 12.7 Å². The van der Waals surface area contributed by atoms with Gasteiger partial charge in [-0.3, -0.25) is 0 Å². The van der Waals surface area contributed by atoms with E-state index >= 15 is 0 Å². The lowest BCUT2D eigenvalue weighted by Crippen LogP contribution is -2.06. The molecular weight excluding hydrogens is 423 g/mol. The smallest absolute Gasteiger partial charge is 0.231 e. The Bertz CT molecular complexity index is 1230. The summed E-state index contributed by atoms with van der Waals surface area (Å²) in [6.07, 6.45) is 0. The molecule has 0 bridgehead atoms. The first kappa shape index (κ1) is 18.8.